The van der Waals surface area contributed by atoms with Gasteiger partial charge in [-0.2, -0.15) is 0 Å². The zero-order valence-corrected chi connectivity index (χ0v) is 11.5. The average molecular weight is 271 g/mol. The molecule has 0 heterocycles. The maximum absolute atomic E-state index is 10.4. The van der Waals surface area contributed by atoms with Crippen LogP contribution in [0.15, 0.2) is 12.1 Å². The Bertz CT molecular complexity index is 414. The molecule has 1 aromatic rings. The Morgan fingerprint density at radius 1 is 1.17 bits per heavy atom. The van der Waals surface area contributed by atoms with Gasteiger partial charge >= 0.3 is 0 Å². The highest BCUT2D eigenvalue weighted by atomic mass is 35.5. The van der Waals surface area contributed by atoms with Crippen molar-refractivity contribution < 1.29 is 14.6 Å². The van der Waals surface area contributed by atoms with Gasteiger partial charge < -0.3 is 14.6 Å². The number of halogens is 1. The lowest BCUT2D eigenvalue weighted by Crippen LogP contribution is -2.10. The lowest BCUT2D eigenvalue weighted by atomic mass is 9.94. The van der Waals surface area contributed by atoms with Crippen LogP contribution in [-0.4, -0.2) is 19.3 Å². The highest BCUT2D eigenvalue weighted by Gasteiger charge is 2.27. The van der Waals surface area contributed by atoms with Crippen LogP contribution < -0.4 is 9.47 Å². The molecular weight excluding hydrogens is 252 g/mol. The van der Waals surface area contributed by atoms with Gasteiger partial charge in [0.1, 0.15) is 0 Å². The van der Waals surface area contributed by atoms with E-state index in [2.05, 4.69) is 0 Å². The first-order valence-corrected chi connectivity index (χ1v) is 6.64. The van der Waals surface area contributed by atoms with E-state index in [0.29, 0.717) is 22.4 Å². The van der Waals surface area contributed by atoms with Gasteiger partial charge in [-0.1, -0.05) is 24.4 Å². The maximum Gasteiger partial charge on any atom is 0.162 e. The third-order valence-corrected chi connectivity index (χ3v) is 4.00. The molecule has 1 fully saturated rings. The van der Waals surface area contributed by atoms with E-state index in [0.717, 1.165) is 18.4 Å². The SMILES string of the molecule is COc1cc(Cl)c(C(O)C2CCCC2)cc1OC. The molecule has 0 aromatic heterocycles. The van der Waals surface area contributed by atoms with E-state index >= 15 is 0 Å². The second-order valence-electron chi connectivity index (χ2n) is 4.72. The lowest BCUT2D eigenvalue weighted by Gasteiger charge is -2.20. The molecule has 1 aliphatic carbocycles. The molecule has 3 nitrogen and oxygen atoms in total. The van der Waals surface area contributed by atoms with Crippen LogP contribution in [0.4, 0.5) is 0 Å². The number of ether oxygens (including phenoxy) is 2. The molecule has 4 heteroatoms. The molecule has 1 N–H and O–H groups in total. The fourth-order valence-corrected chi connectivity index (χ4v) is 2.89. The third kappa shape index (κ3) is 2.57. The number of aliphatic hydroxyl groups is 1. The summed E-state index contributed by atoms with van der Waals surface area (Å²) in [4.78, 5) is 0. The van der Waals surface area contributed by atoms with Gasteiger partial charge in [0.15, 0.2) is 11.5 Å². The first kappa shape index (κ1) is 13.5. The zero-order valence-electron chi connectivity index (χ0n) is 10.8. The topological polar surface area (TPSA) is 38.7 Å². The molecule has 0 saturated heterocycles. The van der Waals surface area contributed by atoms with Crippen molar-refractivity contribution in [3.63, 3.8) is 0 Å². The van der Waals surface area contributed by atoms with Crippen LogP contribution in [0.3, 0.4) is 0 Å². The summed E-state index contributed by atoms with van der Waals surface area (Å²) in [5.41, 5.74) is 0.737. The number of rotatable bonds is 4. The van der Waals surface area contributed by atoms with E-state index in [1.54, 1.807) is 26.4 Å². The fraction of sp³-hybridized carbons (Fsp3) is 0.571. The van der Waals surface area contributed by atoms with Crippen LogP contribution in [0.1, 0.15) is 37.4 Å². The van der Waals surface area contributed by atoms with E-state index in [4.69, 9.17) is 21.1 Å². The van der Waals surface area contributed by atoms with E-state index in [1.807, 2.05) is 0 Å². The monoisotopic (exact) mass is 270 g/mol. The van der Waals surface area contributed by atoms with Crippen molar-refractivity contribution in [2.45, 2.75) is 31.8 Å². The van der Waals surface area contributed by atoms with Crippen molar-refractivity contribution >= 4 is 11.6 Å². The Kier molecular flexibility index (Phi) is 4.36. The number of aliphatic hydroxyl groups excluding tert-OH is 1. The number of benzene rings is 1. The second-order valence-corrected chi connectivity index (χ2v) is 5.13. The number of hydrogen-bond donors (Lipinski definition) is 1. The largest absolute Gasteiger partial charge is 0.493 e. The molecule has 1 unspecified atom stereocenters. The Morgan fingerprint density at radius 3 is 2.28 bits per heavy atom. The van der Waals surface area contributed by atoms with Crippen molar-refractivity contribution in [3.05, 3.63) is 22.7 Å². The minimum atomic E-state index is -0.514. The molecule has 0 spiro atoms. The molecule has 0 amide bonds. The molecule has 1 atom stereocenters. The summed E-state index contributed by atoms with van der Waals surface area (Å²) in [5.74, 6) is 1.50. The van der Waals surface area contributed by atoms with Gasteiger partial charge in [-0.3, -0.25) is 0 Å². The summed E-state index contributed by atoms with van der Waals surface area (Å²) < 4.78 is 10.4. The highest BCUT2D eigenvalue weighted by Crippen LogP contribution is 2.41. The van der Waals surface area contributed by atoms with Crippen molar-refractivity contribution in [1.29, 1.82) is 0 Å². The van der Waals surface area contributed by atoms with Crippen LogP contribution in [0.2, 0.25) is 5.02 Å². The number of methoxy groups -OCH3 is 2. The van der Waals surface area contributed by atoms with Gasteiger partial charge in [0.25, 0.3) is 0 Å². The van der Waals surface area contributed by atoms with E-state index < -0.39 is 6.10 Å². The third-order valence-electron chi connectivity index (χ3n) is 3.67. The van der Waals surface area contributed by atoms with Crippen LogP contribution in [0.25, 0.3) is 0 Å². The first-order valence-electron chi connectivity index (χ1n) is 6.27. The van der Waals surface area contributed by atoms with Crippen molar-refractivity contribution in [2.24, 2.45) is 5.92 Å². The Hall–Kier alpha value is -0.930. The predicted octanol–water partition coefficient (Wildman–Crippen LogP) is 3.58. The summed E-state index contributed by atoms with van der Waals surface area (Å²) in [6, 6.07) is 3.48. The Labute approximate surface area is 113 Å². The van der Waals surface area contributed by atoms with Crippen LogP contribution in [0.5, 0.6) is 11.5 Å². The van der Waals surface area contributed by atoms with E-state index in [-0.39, 0.29) is 0 Å². The van der Waals surface area contributed by atoms with Crippen molar-refractivity contribution in [1.82, 2.24) is 0 Å². The van der Waals surface area contributed by atoms with Crippen LogP contribution in [-0.2, 0) is 0 Å². The average Bonchev–Trinajstić information content (AvgIpc) is 2.91. The van der Waals surface area contributed by atoms with Gasteiger partial charge in [0, 0.05) is 11.6 Å². The lowest BCUT2D eigenvalue weighted by molar-refractivity contribution is 0.111. The predicted molar refractivity (Wildman–Crippen MR) is 71.5 cm³/mol. The highest BCUT2D eigenvalue weighted by molar-refractivity contribution is 6.31. The summed E-state index contributed by atoms with van der Waals surface area (Å²) in [5, 5.41) is 10.9. The second kappa shape index (κ2) is 5.81. The van der Waals surface area contributed by atoms with Gasteiger partial charge in [-0.15, -0.1) is 0 Å². The first-order chi connectivity index (χ1) is 8.67. The van der Waals surface area contributed by atoms with Gasteiger partial charge in [0.2, 0.25) is 0 Å². The standard InChI is InChI=1S/C14H19ClO3/c1-17-12-7-10(11(15)8-13(12)18-2)14(16)9-5-3-4-6-9/h7-9,14,16H,3-6H2,1-2H3. The zero-order chi connectivity index (χ0) is 13.1. The van der Waals surface area contributed by atoms with E-state index in [9.17, 15) is 5.11 Å². The van der Waals surface area contributed by atoms with Crippen molar-refractivity contribution in [3.8, 4) is 11.5 Å². The number of hydrogen-bond acceptors (Lipinski definition) is 3. The molecular formula is C14H19ClO3. The molecule has 1 aromatic carbocycles. The quantitative estimate of drug-likeness (QED) is 0.909. The molecule has 1 saturated carbocycles. The molecule has 2 rings (SSSR count). The van der Waals surface area contributed by atoms with Gasteiger partial charge in [0.05, 0.1) is 25.3 Å². The van der Waals surface area contributed by atoms with Crippen molar-refractivity contribution in [2.75, 3.05) is 14.2 Å². The normalized spacial score (nSPS) is 17.8. The molecule has 0 radical (unpaired) electrons. The smallest absolute Gasteiger partial charge is 0.162 e. The molecule has 18 heavy (non-hydrogen) atoms. The molecule has 0 aliphatic heterocycles. The maximum atomic E-state index is 10.4. The minimum Gasteiger partial charge on any atom is -0.493 e. The summed E-state index contributed by atoms with van der Waals surface area (Å²) in [6.45, 7) is 0. The molecule has 1 aliphatic rings. The Morgan fingerprint density at radius 2 is 1.72 bits per heavy atom. The molecule has 0 bridgehead atoms. The van der Waals surface area contributed by atoms with Gasteiger partial charge in [-0.25, -0.2) is 0 Å². The Balaban J connectivity index is 2.31. The van der Waals surface area contributed by atoms with Gasteiger partial charge in [-0.05, 0) is 24.8 Å². The minimum absolute atomic E-state index is 0.306. The summed E-state index contributed by atoms with van der Waals surface area (Å²) >= 11 is 6.21. The summed E-state index contributed by atoms with van der Waals surface area (Å²) in [6.07, 6.45) is 3.98. The fourth-order valence-electron chi connectivity index (χ4n) is 2.62. The van der Waals surface area contributed by atoms with E-state index in [1.165, 1.54) is 12.8 Å². The summed E-state index contributed by atoms with van der Waals surface area (Å²) in [7, 11) is 3.15. The molecule has 100 valence electrons. The van der Waals surface area contributed by atoms with Crippen LogP contribution in [0, 0.1) is 5.92 Å². The van der Waals surface area contributed by atoms with Crippen LogP contribution >= 0.6 is 11.6 Å².